The number of ether oxygens (including phenoxy) is 1. The summed E-state index contributed by atoms with van der Waals surface area (Å²) >= 11 is 0. The van der Waals surface area contributed by atoms with Crippen molar-refractivity contribution >= 4 is 11.5 Å². The van der Waals surface area contributed by atoms with E-state index in [-0.39, 0.29) is 5.84 Å². The van der Waals surface area contributed by atoms with Crippen LogP contribution in [0.4, 0.5) is 0 Å². The second kappa shape index (κ2) is 2.99. The topological polar surface area (TPSA) is 89.3 Å². The lowest BCUT2D eigenvalue weighted by atomic mass is 10.4. The number of imidazole rings is 1. The molecule has 0 spiro atoms. The van der Waals surface area contributed by atoms with Crippen molar-refractivity contribution in [2.75, 3.05) is 7.11 Å². The third-order valence-electron chi connectivity index (χ3n) is 1.82. The zero-order chi connectivity index (χ0) is 10.1. The molecule has 72 valence electrons. The fraction of sp³-hybridized carbons (Fsp3) is 0.125. The van der Waals surface area contributed by atoms with Gasteiger partial charge in [0.05, 0.1) is 13.3 Å². The number of nitrogens with one attached hydrogen (secondary N) is 1. The molecule has 0 saturated heterocycles. The Bertz CT molecular complexity index is 489. The highest BCUT2D eigenvalue weighted by atomic mass is 16.5. The van der Waals surface area contributed by atoms with Crippen molar-refractivity contribution in [3.63, 3.8) is 0 Å². The highest BCUT2D eigenvalue weighted by molar-refractivity contribution is 5.93. The number of hydrogen-bond acceptors (Lipinski definition) is 4. The minimum Gasteiger partial charge on any atom is -0.480 e. The molecule has 6 nitrogen and oxygen atoms in total. The fourth-order valence-corrected chi connectivity index (χ4v) is 1.15. The quantitative estimate of drug-likeness (QED) is 0.517. The number of nitrogens with two attached hydrogens (primary N) is 1. The van der Waals surface area contributed by atoms with Crippen LogP contribution in [0.1, 0.15) is 5.69 Å². The highest BCUT2D eigenvalue weighted by Crippen LogP contribution is 2.09. The van der Waals surface area contributed by atoms with Gasteiger partial charge in [-0.3, -0.25) is 5.41 Å². The number of aromatic nitrogens is 3. The largest absolute Gasteiger partial charge is 0.480 e. The van der Waals surface area contributed by atoms with Crippen molar-refractivity contribution in [3.05, 3.63) is 24.0 Å². The zero-order valence-electron chi connectivity index (χ0n) is 7.56. The minimum absolute atomic E-state index is 0.0711. The summed E-state index contributed by atoms with van der Waals surface area (Å²) in [6, 6.07) is 3.45. The molecule has 2 aromatic heterocycles. The zero-order valence-corrected chi connectivity index (χ0v) is 7.56. The van der Waals surface area contributed by atoms with Gasteiger partial charge in [0.15, 0.2) is 5.65 Å². The average Bonchev–Trinajstić information content (AvgIpc) is 2.59. The standard InChI is InChI=1S/C8H9N5O/c1-14-7-3-2-6-11-4-5(8(9)10)13(6)12-7/h2-4H,1H3,(H3,9,10). The lowest BCUT2D eigenvalue weighted by Crippen LogP contribution is -2.14. The summed E-state index contributed by atoms with van der Waals surface area (Å²) in [5.41, 5.74) is 6.45. The molecule has 0 aromatic carbocycles. The smallest absolute Gasteiger partial charge is 0.231 e. The van der Waals surface area contributed by atoms with Crippen LogP contribution in [0.5, 0.6) is 5.88 Å². The Morgan fingerprint density at radius 2 is 2.36 bits per heavy atom. The molecule has 0 radical (unpaired) electrons. The third-order valence-corrected chi connectivity index (χ3v) is 1.82. The third kappa shape index (κ3) is 1.17. The van der Waals surface area contributed by atoms with Crippen LogP contribution in [0.3, 0.4) is 0 Å². The van der Waals surface area contributed by atoms with Crippen LogP contribution >= 0.6 is 0 Å². The monoisotopic (exact) mass is 191 g/mol. The van der Waals surface area contributed by atoms with E-state index in [0.717, 1.165) is 0 Å². The van der Waals surface area contributed by atoms with Crippen molar-refractivity contribution < 1.29 is 4.74 Å². The molecule has 2 heterocycles. The SMILES string of the molecule is COc1ccc2ncc(C(=N)N)n2n1. The van der Waals surface area contributed by atoms with Crippen LogP contribution in [0, 0.1) is 5.41 Å². The van der Waals surface area contributed by atoms with E-state index in [4.69, 9.17) is 15.9 Å². The lowest BCUT2D eigenvalue weighted by molar-refractivity contribution is 0.390. The Hall–Kier alpha value is -2.11. The van der Waals surface area contributed by atoms with Gasteiger partial charge in [-0.2, -0.15) is 0 Å². The summed E-state index contributed by atoms with van der Waals surface area (Å²) in [4.78, 5) is 4.04. The van der Waals surface area contributed by atoms with Gasteiger partial charge < -0.3 is 10.5 Å². The number of fused-ring (bicyclic) bond motifs is 1. The first-order valence-corrected chi connectivity index (χ1v) is 3.95. The van der Waals surface area contributed by atoms with Gasteiger partial charge in [0, 0.05) is 6.07 Å². The molecule has 0 bridgehead atoms. The molecule has 0 saturated carbocycles. The molecule has 6 heteroatoms. The van der Waals surface area contributed by atoms with E-state index in [0.29, 0.717) is 17.2 Å². The number of hydrogen-bond donors (Lipinski definition) is 2. The summed E-state index contributed by atoms with van der Waals surface area (Å²) < 4.78 is 6.43. The second-order valence-electron chi connectivity index (χ2n) is 2.70. The summed E-state index contributed by atoms with van der Waals surface area (Å²) in [5.74, 6) is 0.385. The van der Waals surface area contributed by atoms with Crippen molar-refractivity contribution in [1.82, 2.24) is 14.6 Å². The molecule has 0 amide bonds. The maximum Gasteiger partial charge on any atom is 0.231 e. The molecule has 0 fully saturated rings. The Morgan fingerprint density at radius 3 is 3.00 bits per heavy atom. The molecule has 0 atom stereocenters. The predicted molar refractivity (Wildman–Crippen MR) is 50.6 cm³/mol. The number of nitrogen functional groups attached to an aromatic ring is 1. The van der Waals surface area contributed by atoms with Gasteiger partial charge >= 0.3 is 0 Å². The Balaban J connectivity index is 2.69. The van der Waals surface area contributed by atoms with Gasteiger partial charge in [-0.1, -0.05) is 0 Å². The fourth-order valence-electron chi connectivity index (χ4n) is 1.15. The first-order valence-electron chi connectivity index (χ1n) is 3.95. The molecular weight excluding hydrogens is 182 g/mol. The average molecular weight is 191 g/mol. The Kier molecular flexibility index (Phi) is 1.81. The van der Waals surface area contributed by atoms with E-state index >= 15 is 0 Å². The van der Waals surface area contributed by atoms with E-state index in [1.807, 2.05) is 0 Å². The van der Waals surface area contributed by atoms with Crippen LogP contribution in [-0.2, 0) is 0 Å². The van der Waals surface area contributed by atoms with Crippen LogP contribution in [0.2, 0.25) is 0 Å². The van der Waals surface area contributed by atoms with Gasteiger partial charge in [-0.25, -0.2) is 9.50 Å². The second-order valence-corrected chi connectivity index (χ2v) is 2.70. The molecule has 0 aliphatic rings. The molecule has 2 rings (SSSR count). The number of amidine groups is 1. The summed E-state index contributed by atoms with van der Waals surface area (Å²) in [6.07, 6.45) is 1.50. The first-order chi connectivity index (χ1) is 6.72. The minimum atomic E-state index is -0.0711. The van der Waals surface area contributed by atoms with Crippen molar-refractivity contribution in [2.24, 2.45) is 5.73 Å². The number of nitrogens with zero attached hydrogens (tertiary/aromatic N) is 3. The summed E-state index contributed by atoms with van der Waals surface area (Å²) in [6.45, 7) is 0. The summed E-state index contributed by atoms with van der Waals surface area (Å²) in [5, 5.41) is 11.4. The van der Waals surface area contributed by atoms with E-state index in [2.05, 4.69) is 10.1 Å². The first kappa shape index (κ1) is 8.49. The van der Waals surface area contributed by atoms with Crippen molar-refractivity contribution in [2.45, 2.75) is 0 Å². The highest BCUT2D eigenvalue weighted by Gasteiger charge is 2.07. The normalized spacial score (nSPS) is 10.4. The molecular formula is C8H9N5O. The molecule has 2 aromatic rings. The number of rotatable bonds is 2. The van der Waals surface area contributed by atoms with Crippen LogP contribution in [-0.4, -0.2) is 27.5 Å². The van der Waals surface area contributed by atoms with E-state index in [1.54, 1.807) is 12.1 Å². The van der Waals surface area contributed by atoms with Gasteiger partial charge in [0.2, 0.25) is 5.88 Å². The number of methoxy groups -OCH3 is 1. The molecule has 3 N–H and O–H groups in total. The van der Waals surface area contributed by atoms with Crippen molar-refractivity contribution in [3.8, 4) is 5.88 Å². The van der Waals surface area contributed by atoms with E-state index in [1.165, 1.54) is 17.8 Å². The Labute approximate surface area is 79.8 Å². The lowest BCUT2D eigenvalue weighted by Gasteiger charge is -2.00. The van der Waals surface area contributed by atoms with Crippen LogP contribution < -0.4 is 10.5 Å². The van der Waals surface area contributed by atoms with Gasteiger partial charge in [0.25, 0.3) is 0 Å². The van der Waals surface area contributed by atoms with E-state index < -0.39 is 0 Å². The van der Waals surface area contributed by atoms with Crippen LogP contribution in [0.25, 0.3) is 5.65 Å². The predicted octanol–water partition coefficient (Wildman–Crippen LogP) is 0.0220. The maximum atomic E-state index is 7.30. The molecule has 0 unspecified atom stereocenters. The van der Waals surface area contributed by atoms with E-state index in [9.17, 15) is 0 Å². The molecule has 14 heavy (non-hydrogen) atoms. The van der Waals surface area contributed by atoms with Crippen LogP contribution in [0.15, 0.2) is 18.3 Å². The van der Waals surface area contributed by atoms with Gasteiger partial charge in [-0.15, -0.1) is 5.10 Å². The van der Waals surface area contributed by atoms with Gasteiger partial charge in [-0.05, 0) is 6.07 Å². The molecule has 0 aliphatic carbocycles. The Morgan fingerprint density at radius 1 is 1.57 bits per heavy atom. The molecule has 0 aliphatic heterocycles. The van der Waals surface area contributed by atoms with Crippen molar-refractivity contribution in [1.29, 1.82) is 5.41 Å². The summed E-state index contributed by atoms with van der Waals surface area (Å²) in [7, 11) is 1.53. The maximum absolute atomic E-state index is 7.30. The van der Waals surface area contributed by atoms with Gasteiger partial charge in [0.1, 0.15) is 11.5 Å².